The molecule has 0 spiro atoms. The molecule has 1 N–H and O–H groups in total. The van der Waals surface area contributed by atoms with E-state index in [1.807, 2.05) is 7.05 Å². The van der Waals surface area contributed by atoms with Crippen LogP contribution in [0.4, 0.5) is 5.95 Å². The first-order valence-electron chi connectivity index (χ1n) is 10.3. The number of fused-ring (bicyclic) bond motifs is 1. The van der Waals surface area contributed by atoms with Gasteiger partial charge in [-0.3, -0.25) is 24.3 Å². The van der Waals surface area contributed by atoms with Crippen LogP contribution in [0.5, 0.6) is 0 Å². The van der Waals surface area contributed by atoms with E-state index in [9.17, 15) is 4.79 Å². The van der Waals surface area contributed by atoms with Gasteiger partial charge in [0.1, 0.15) is 5.39 Å². The number of aromatic nitrogens is 4. The van der Waals surface area contributed by atoms with E-state index in [1.54, 1.807) is 10.9 Å². The minimum atomic E-state index is -0.104. The second kappa shape index (κ2) is 6.91. The standard InChI is InChI=1S/C19H29N7O/c1-23-17-16(11-20-23)18(27)22-19(21-17)26-12-15(13-26)25-9-7-24(8-10-25)14-5-3-2-4-6-14/h11,14-15H,2-10,12-13H2,1H3,(H,21,22,27). The number of nitrogens with zero attached hydrogens (tertiary/aromatic N) is 6. The first-order chi connectivity index (χ1) is 13.2. The van der Waals surface area contributed by atoms with Crippen molar-refractivity contribution >= 4 is 17.0 Å². The molecule has 2 aromatic heterocycles. The molecule has 1 aliphatic carbocycles. The van der Waals surface area contributed by atoms with Gasteiger partial charge in [-0.1, -0.05) is 19.3 Å². The van der Waals surface area contributed by atoms with Crippen molar-refractivity contribution in [2.45, 2.75) is 44.2 Å². The molecule has 5 rings (SSSR count). The minimum Gasteiger partial charge on any atom is -0.339 e. The molecule has 146 valence electrons. The summed E-state index contributed by atoms with van der Waals surface area (Å²) in [5.41, 5.74) is 0.547. The van der Waals surface area contributed by atoms with E-state index in [4.69, 9.17) is 0 Å². The predicted molar refractivity (Wildman–Crippen MR) is 105 cm³/mol. The first kappa shape index (κ1) is 17.2. The number of rotatable bonds is 3. The third-order valence-corrected chi connectivity index (χ3v) is 6.71. The van der Waals surface area contributed by atoms with Gasteiger partial charge in [-0.2, -0.15) is 10.1 Å². The van der Waals surface area contributed by atoms with Gasteiger partial charge in [-0.15, -0.1) is 0 Å². The zero-order valence-electron chi connectivity index (χ0n) is 16.1. The average molecular weight is 371 g/mol. The van der Waals surface area contributed by atoms with Crippen LogP contribution >= 0.6 is 0 Å². The molecule has 0 bridgehead atoms. The van der Waals surface area contributed by atoms with Gasteiger partial charge in [-0.25, -0.2) is 0 Å². The second-order valence-corrected chi connectivity index (χ2v) is 8.32. The molecule has 27 heavy (non-hydrogen) atoms. The van der Waals surface area contributed by atoms with Crippen LogP contribution in [0.25, 0.3) is 11.0 Å². The number of piperazine rings is 1. The van der Waals surface area contributed by atoms with Gasteiger partial charge in [-0.05, 0) is 12.8 Å². The smallest absolute Gasteiger partial charge is 0.263 e. The fourth-order valence-corrected chi connectivity index (χ4v) is 4.94. The molecular formula is C19H29N7O. The topological polar surface area (TPSA) is 73.3 Å². The van der Waals surface area contributed by atoms with E-state index in [1.165, 1.54) is 58.3 Å². The Bertz CT molecular complexity index is 855. The van der Waals surface area contributed by atoms with Crippen molar-refractivity contribution in [3.05, 3.63) is 16.6 Å². The highest BCUT2D eigenvalue weighted by atomic mass is 16.1. The lowest BCUT2D eigenvalue weighted by molar-refractivity contribution is 0.0485. The third-order valence-electron chi connectivity index (χ3n) is 6.71. The molecule has 3 fully saturated rings. The van der Waals surface area contributed by atoms with Gasteiger partial charge in [0.05, 0.1) is 6.20 Å². The monoisotopic (exact) mass is 371 g/mol. The van der Waals surface area contributed by atoms with Gasteiger partial charge in [0.15, 0.2) is 5.65 Å². The van der Waals surface area contributed by atoms with E-state index >= 15 is 0 Å². The number of aromatic amines is 1. The fraction of sp³-hybridized carbons (Fsp3) is 0.737. The molecule has 0 amide bonds. The Kier molecular flexibility index (Phi) is 4.40. The molecule has 0 radical (unpaired) electrons. The van der Waals surface area contributed by atoms with E-state index in [0.717, 1.165) is 19.1 Å². The van der Waals surface area contributed by atoms with Crippen LogP contribution in [-0.4, -0.2) is 80.9 Å². The van der Waals surface area contributed by atoms with Crippen LogP contribution in [0, 0.1) is 0 Å². The molecule has 4 heterocycles. The highest BCUT2D eigenvalue weighted by Crippen LogP contribution is 2.26. The Morgan fingerprint density at radius 3 is 2.37 bits per heavy atom. The molecule has 0 atom stereocenters. The third kappa shape index (κ3) is 3.14. The van der Waals surface area contributed by atoms with Crippen molar-refractivity contribution in [1.29, 1.82) is 0 Å². The molecule has 0 aromatic carbocycles. The van der Waals surface area contributed by atoms with Crippen molar-refractivity contribution in [3.8, 4) is 0 Å². The largest absolute Gasteiger partial charge is 0.339 e. The molecule has 8 nitrogen and oxygen atoms in total. The molecule has 3 aliphatic rings. The summed E-state index contributed by atoms with van der Waals surface area (Å²) in [5.74, 6) is 0.674. The summed E-state index contributed by atoms with van der Waals surface area (Å²) in [6.45, 7) is 6.62. The van der Waals surface area contributed by atoms with Crippen molar-refractivity contribution in [1.82, 2.24) is 29.5 Å². The molecule has 2 aromatic rings. The van der Waals surface area contributed by atoms with Gasteiger partial charge in [0, 0.05) is 58.4 Å². The molecule has 0 unspecified atom stereocenters. The van der Waals surface area contributed by atoms with Crippen molar-refractivity contribution in [2.24, 2.45) is 7.05 Å². The Morgan fingerprint density at radius 1 is 1.00 bits per heavy atom. The summed E-state index contributed by atoms with van der Waals surface area (Å²) in [4.78, 5) is 27.3. The lowest BCUT2D eigenvalue weighted by atomic mass is 9.93. The van der Waals surface area contributed by atoms with E-state index < -0.39 is 0 Å². The number of aryl methyl sites for hydroxylation is 1. The molecule has 1 saturated carbocycles. The number of anilines is 1. The minimum absolute atomic E-state index is 0.104. The van der Waals surface area contributed by atoms with E-state index in [-0.39, 0.29) is 5.56 Å². The molecule has 2 aliphatic heterocycles. The Morgan fingerprint density at radius 2 is 1.67 bits per heavy atom. The summed E-state index contributed by atoms with van der Waals surface area (Å²) in [6.07, 6.45) is 8.62. The van der Waals surface area contributed by atoms with Crippen molar-refractivity contribution in [3.63, 3.8) is 0 Å². The van der Waals surface area contributed by atoms with Crippen LogP contribution in [0.3, 0.4) is 0 Å². The van der Waals surface area contributed by atoms with Crippen molar-refractivity contribution in [2.75, 3.05) is 44.2 Å². The number of nitrogens with one attached hydrogen (secondary N) is 1. The quantitative estimate of drug-likeness (QED) is 0.860. The summed E-state index contributed by atoms with van der Waals surface area (Å²) in [6, 6.07) is 1.41. The van der Waals surface area contributed by atoms with Crippen LogP contribution in [0.2, 0.25) is 0 Å². The summed E-state index contributed by atoms with van der Waals surface area (Å²) in [5, 5.41) is 4.69. The average Bonchev–Trinajstić information content (AvgIpc) is 3.04. The van der Waals surface area contributed by atoms with Crippen LogP contribution in [0.15, 0.2) is 11.0 Å². The first-order valence-corrected chi connectivity index (χ1v) is 10.3. The normalized spacial score (nSPS) is 23.8. The lowest BCUT2D eigenvalue weighted by Gasteiger charge is -2.49. The summed E-state index contributed by atoms with van der Waals surface area (Å²) in [7, 11) is 1.82. The fourth-order valence-electron chi connectivity index (χ4n) is 4.94. The molecular weight excluding hydrogens is 342 g/mol. The van der Waals surface area contributed by atoms with Gasteiger partial charge < -0.3 is 4.90 Å². The van der Waals surface area contributed by atoms with Crippen LogP contribution in [-0.2, 0) is 7.05 Å². The van der Waals surface area contributed by atoms with Gasteiger partial charge >= 0.3 is 0 Å². The predicted octanol–water partition coefficient (Wildman–Crippen LogP) is 0.795. The zero-order chi connectivity index (χ0) is 18.4. The number of hydrogen-bond acceptors (Lipinski definition) is 6. The number of H-pyrrole nitrogens is 1. The summed E-state index contributed by atoms with van der Waals surface area (Å²) < 4.78 is 1.66. The second-order valence-electron chi connectivity index (χ2n) is 8.32. The van der Waals surface area contributed by atoms with Gasteiger partial charge in [0.25, 0.3) is 5.56 Å². The van der Waals surface area contributed by atoms with Crippen LogP contribution in [0.1, 0.15) is 32.1 Å². The SMILES string of the molecule is Cn1ncc2c(=O)[nH]c(N3CC(N4CCN(C5CCCCC5)CC4)C3)nc21. The summed E-state index contributed by atoms with van der Waals surface area (Å²) >= 11 is 0. The van der Waals surface area contributed by atoms with Crippen molar-refractivity contribution < 1.29 is 0 Å². The Hall–Kier alpha value is -1.93. The maximum Gasteiger partial charge on any atom is 0.263 e. The molecule has 2 saturated heterocycles. The number of hydrogen-bond donors (Lipinski definition) is 1. The molecule has 8 heteroatoms. The maximum atomic E-state index is 12.2. The van der Waals surface area contributed by atoms with Gasteiger partial charge in [0.2, 0.25) is 5.95 Å². The zero-order valence-corrected chi connectivity index (χ0v) is 16.1. The maximum absolute atomic E-state index is 12.2. The highest BCUT2D eigenvalue weighted by molar-refractivity contribution is 5.74. The Balaban J connectivity index is 1.18. The lowest BCUT2D eigenvalue weighted by Crippen LogP contribution is -2.64. The van der Waals surface area contributed by atoms with E-state index in [2.05, 4.69) is 29.8 Å². The van der Waals surface area contributed by atoms with Crippen LogP contribution < -0.4 is 10.5 Å². The Labute approximate surface area is 159 Å². The van der Waals surface area contributed by atoms with E-state index in [0.29, 0.717) is 23.0 Å². The highest BCUT2D eigenvalue weighted by Gasteiger charge is 2.36.